The number of nitrogens with one attached hydrogen (secondary N) is 2. The summed E-state index contributed by atoms with van der Waals surface area (Å²) in [6.45, 7) is 8.77. The summed E-state index contributed by atoms with van der Waals surface area (Å²) < 4.78 is 11.7. The van der Waals surface area contributed by atoms with Crippen molar-refractivity contribution in [2.45, 2.75) is 52.8 Å². The predicted octanol–water partition coefficient (Wildman–Crippen LogP) is 5.52. The predicted molar refractivity (Wildman–Crippen MR) is 163 cm³/mol. The lowest BCUT2D eigenvalue weighted by atomic mass is 10.0. The van der Waals surface area contributed by atoms with Crippen LogP contribution in [0.2, 0.25) is 10.0 Å². The van der Waals surface area contributed by atoms with Crippen molar-refractivity contribution in [2.24, 2.45) is 5.92 Å². The molecule has 4 rings (SSSR count). The van der Waals surface area contributed by atoms with Gasteiger partial charge in [-0.1, -0.05) is 41.3 Å². The number of carbonyl (C=O) groups is 2. The molecule has 0 fully saturated rings. The van der Waals surface area contributed by atoms with Gasteiger partial charge in [0.25, 0.3) is 0 Å². The summed E-state index contributed by atoms with van der Waals surface area (Å²) >= 11 is 12.3. The van der Waals surface area contributed by atoms with Gasteiger partial charge in [-0.15, -0.1) is 0 Å². The van der Waals surface area contributed by atoms with E-state index in [4.69, 9.17) is 32.5 Å². The number of aryl methyl sites for hydroxylation is 2. The van der Waals surface area contributed by atoms with Gasteiger partial charge in [-0.3, -0.25) is 9.69 Å². The number of hydrogen-bond acceptors (Lipinski definition) is 7. The molecule has 3 atom stereocenters. The summed E-state index contributed by atoms with van der Waals surface area (Å²) in [5.41, 5.74) is 3.22. The first-order chi connectivity index (χ1) is 19.9. The van der Waals surface area contributed by atoms with Crippen molar-refractivity contribution in [2.75, 3.05) is 37.4 Å². The molecule has 3 amide bonds. The fraction of sp³-hybridized carbons (Fsp3) is 0.433. The van der Waals surface area contributed by atoms with Gasteiger partial charge in [0.05, 0.1) is 29.1 Å². The first-order valence-corrected chi connectivity index (χ1v) is 14.5. The Labute approximate surface area is 255 Å². The lowest BCUT2D eigenvalue weighted by molar-refractivity contribution is -0.134. The molecule has 0 bridgehead atoms. The molecule has 0 aliphatic carbocycles. The van der Waals surface area contributed by atoms with Crippen molar-refractivity contribution < 1.29 is 24.0 Å². The van der Waals surface area contributed by atoms with Crippen molar-refractivity contribution in [3.8, 4) is 5.75 Å². The number of halogens is 2. The first kappa shape index (κ1) is 31.6. The standard InChI is InChI=1S/C30H37Cl2N5O5/c1-17-13-37(18(2)16-38)28(39)12-22-11-23(33-30(40)34-29-19(3)35-42-20(29)4)7-9-26(22)41-27(17)15-36(5)14-21-6-8-24(31)25(32)10-21/h6-11,17-18,27,38H,12-16H2,1-5H3,(H2,33,34,40)/t17-,18-,27-/m1/s1. The molecule has 3 N–H and O–H groups in total. The van der Waals surface area contributed by atoms with E-state index in [-0.39, 0.29) is 37.0 Å². The highest BCUT2D eigenvalue weighted by molar-refractivity contribution is 6.42. The zero-order valence-corrected chi connectivity index (χ0v) is 25.9. The Kier molecular flexibility index (Phi) is 10.4. The van der Waals surface area contributed by atoms with Crippen LogP contribution < -0.4 is 15.4 Å². The largest absolute Gasteiger partial charge is 0.488 e. The number of hydrogen-bond donors (Lipinski definition) is 3. The minimum atomic E-state index is -0.467. The smallest absolute Gasteiger partial charge is 0.323 e. The van der Waals surface area contributed by atoms with Crippen LogP contribution in [0.25, 0.3) is 0 Å². The Hall–Kier alpha value is -3.31. The number of amides is 3. The van der Waals surface area contributed by atoms with Gasteiger partial charge in [0.2, 0.25) is 5.91 Å². The third-order valence-electron chi connectivity index (χ3n) is 7.37. The highest BCUT2D eigenvalue weighted by Gasteiger charge is 2.31. The number of nitrogens with zero attached hydrogens (tertiary/aromatic N) is 3. The van der Waals surface area contributed by atoms with Gasteiger partial charge in [-0.2, -0.15) is 0 Å². The van der Waals surface area contributed by atoms with Gasteiger partial charge >= 0.3 is 6.03 Å². The average molecular weight is 619 g/mol. The maximum atomic E-state index is 13.5. The summed E-state index contributed by atoms with van der Waals surface area (Å²) in [5.74, 6) is 0.885. The summed E-state index contributed by atoms with van der Waals surface area (Å²) in [4.78, 5) is 30.1. The number of aliphatic hydroxyl groups is 1. The van der Waals surface area contributed by atoms with Crippen LogP contribution in [-0.2, 0) is 17.8 Å². The van der Waals surface area contributed by atoms with E-state index in [1.807, 2.05) is 33.0 Å². The van der Waals surface area contributed by atoms with Gasteiger partial charge in [-0.05, 0) is 63.7 Å². The second-order valence-corrected chi connectivity index (χ2v) is 11.7. The van der Waals surface area contributed by atoms with Crippen LogP contribution in [0, 0.1) is 19.8 Å². The van der Waals surface area contributed by atoms with Gasteiger partial charge in [0.1, 0.15) is 23.2 Å². The van der Waals surface area contributed by atoms with Gasteiger partial charge in [0, 0.05) is 36.8 Å². The SMILES string of the molecule is Cc1noc(C)c1NC(=O)Nc1ccc2c(c1)CC(=O)N([C@H](C)CO)C[C@@H](C)[C@@H](CN(C)Cc1ccc(Cl)c(Cl)c1)O2. The second kappa shape index (κ2) is 13.8. The molecule has 3 aromatic rings. The van der Waals surface area contributed by atoms with Gasteiger partial charge < -0.3 is 29.9 Å². The Morgan fingerprint density at radius 1 is 1.19 bits per heavy atom. The van der Waals surface area contributed by atoms with Crippen molar-refractivity contribution in [3.63, 3.8) is 0 Å². The van der Waals surface area contributed by atoms with E-state index in [0.29, 0.717) is 63.8 Å². The van der Waals surface area contributed by atoms with E-state index in [0.717, 1.165) is 5.56 Å². The number of likely N-dealkylation sites (N-methyl/N-ethyl adjacent to an activating group) is 1. The number of fused-ring (bicyclic) bond motifs is 1. The highest BCUT2D eigenvalue weighted by Crippen LogP contribution is 2.30. The lowest BCUT2D eigenvalue weighted by Crippen LogP contribution is -2.47. The van der Waals surface area contributed by atoms with E-state index in [2.05, 4.69) is 20.7 Å². The van der Waals surface area contributed by atoms with Crippen molar-refractivity contribution in [1.29, 1.82) is 0 Å². The minimum Gasteiger partial charge on any atom is -0.488 e. The second-order valence-electron chi connectivity index (χ2n) is 10.9. The van der Waals surface area contributed by atoms with Crippen LogP contribution >= 0.6 is 23.2 Å². The van der Waals surface area contributed by atoms with E-state index in [9.17, 15) is 14.7 Å². The van der Waals surface area contributed by atoms with Crippen LogP contribution in [0.1, 0.15) is 36.4 Å². The molecule has 10 nitrogen and oxygen atoms in total. The minimum absolute atomic E-state index is 0.0521. The highest BCUT2D eigenvalue weighted by atomic mass is 35.5. The number of rotatable bonds is 8. The molecule has 1 aliphatic heterocycles. The molecule has 2 heterocycles. The Morgan fingerprint density at radius 3 is 2.62 bits per heavy atom. The van der Waals surface area contributed by atoms with Gasteiger partial charge in [-0.25, -0.2) is 4.79 Å². The molecule has 0 saturated carbocycles. The van der Waals surface area contributed by atoms with Crippen LogP contribution in [0.3, 0.4) is 0 Å². The summed E-state index contributed by atoms with van der Waals surface area (Å²) in [6.07, 6.45) is -0.225. The average Bonchev–Trinajstić information content (AvgIpc) is 3.27. The Bertz CT molecular complexity index is 1410. The number of carbonyl (C=O) groups excluding carboxylic acids is 2. The molecule has 42 heavy (non-hydrogen) atoms. The number of aliphatic hydroxyl groups excluding tert-OH is 1. The third kappa shape index (κ3) is 7.74. The summed E-state index contributed by atoms with van der Waals surface area (Å²) in [6, 6.07) is 10.00. The summed E-state index contributed by atoms with van der Waals surface area (Å²) in [5, 5.41) is 20.3. The lowest BCUT2D eigenvalue weighted by Gasteiger charge is -2.34. The molecule has 0 radical (unpaired) electrons. The Morgan fingerprint density at radius 2 is 1.95 bits per heavy atom. The molecular weight excluding hydrogens is 581 g/mol. The maximum Gasteiger partial charge on any atom is 0.323 e. The molecule has 226 valence electrons. The monoisotopic (exact) mass is 617 g/mol. The molecule has 1 aliphatic rings. The number of ether oxygens (including phenoxy) is 1. The number of benzene rings is 2. The summed E-state index contributed by atoms with van der Waals surface area (Å²) in [7, 11) is 2.00. The third-order valence-corrected chi connectivity index (χ3v) is 8.11. The van der Waals surface area contributed by atoms with Crippen LogP contribution in [0.15, 0.2) is 40.9 Å². The van der Waals surface area contributed by atoms with Crippen LogP contribution in [-0.4, -0.2) is 70.9 Å². The molecule has 12 heteroatoms. The molecule has 2 aromatic carbocycles. The van der Waals surface area contributed by atoms with E-state index in [1.54, 1.807) is 43.0 Å². The normalized spacial score (nSPS) is 18.0. The van der Waals surface area contributed by atoms with Crippen molar-refractivity contribution in [3.05, 3.63) is 69.0 Å². The van der Waals surface area contributed by atoms with Crippen molar-refractivity contribution >= 4 is 46.5 Å². The van der Waals surface area contributed by atoms with Crippen LogP contribution in [0.4, 0.5) is 16.2 Å². The molecule has 1 aromatic heterocycles. The maximum absolute atomic E-state index is 13.5. The molecular formula is C30H37Cl2N5O5. The molecule has 0 saturated heterocycles. The fourth-order valence-electron chi connectivity index (χ4n) is 4.98. The van der Waals surface area contributed by atoms with E-state index >= 15 is 0 Å². The topological polar surface area (TPSA) is 120 Å². The zero-order chi connectivity index (χ0) is 30.6. The van der Waals surface area contributed by atoms with E-state index < -0.39 is 6.03 Å². The van der Waals surface area contributed by atoms with E-state index in [1.165, 1.54) is 0 Å². The zero-order valence-electron chi connectivity index (χ0n) is 24.4. The van der Waals surface area contributed by atoms with Gasteiger partial charge in [0.15, 0.2) is 5.76 Å². The van der Waals surface area contributed by atoms with Crippen LogP contribution in [0.5, 0.6) is 5.75 Å². The number of anilines is 2. The first-order valence-electron chi connectivity index (χ1n) is 13.8. The number of urea groups is 1. The molecule has 0 spiro atoms. The van der Waals surface area contributed by atoms with Crippen molar-refractivity contribution in [1.82, 2.24) is 15.0 Å². The number of aromatic nitrogens is 1. The quantitative estimate of drug-likeness (QED) is 0.304. The molecule has 0 unspecified atom stereocenters. The Balaban J connectivity index is 1.57. The fourth-order valence-corrected chi connectivity index (χ4v) is 5.30.